The number of likely N-dealkylation sites (tertiary alicyclic amines) is 1. The van der Waals surface area contributed by atoms with Crippen LogP contribution in [0.3, 0.4) is 0 Å². The summed E-state index contributed by atoms with van der Waals surface area (Å²) in [6, 6.07) is 9.39. The van der Waals surface area contributed by atoms with Crippen molar-refractivity contribution in [2.24, 2.45) is 10.8 Å². The van der Waals surface area contributed by atoms with E-state index in [4.69, 9.17) is 19.7 Å². The first-order chi connectivity index (χ1) is 22.4. The lowest BCUT2D eigenvalue weighted by Crippen LogP contribution is -2.52. The molecule has 4 fully saturated rings. The summed E-state index contributed by atoms with van der Waals surface area (Å²) in [5, 5.41) is 5.75. The number of piperidine rings is 1. The summed E-state index contributed by atoms with van der Waals surface area (Å²) in [6.07, 6.45) is 10.4. The maximum atomic E-state index is 17.0. The van der Waals surface area contributed by atoms with Crippen LogP contribution in [-0.2, 0) is 6.42 Å². The quantitative estimate of drug-likeness (QED) is 0.260. The van der Waals surface area contributed by atoms with Crippen molar-refractivity contribution in [2.75, 3.05) is 50.8 Å². The van der Waals surface area contributed by atoms with Gasteiger partial charge in [-0.15, -0.1) is 0 Å². The lowest BCUT2D eigenvalue weighted by atomic mass is 9.93. The summed E-state index contributed by atoms with van der Waals surface area (Å²) in [6.45, 7) is 8.19. The molecule has 2 aromatic carbocycles. The highest BCUT2D eigenvalue weighted by Crippen LogP contribution is 2.55. The highest BCUT2D eigenvalue weighted by molar-refractivity contribution is 6.01. The van der Waals surface area contributed by atoms with E-state index in [1.54, 1.807) is 13.0 Å². The number of aryl methyl sites for hydroxylation is 2. The normalized spacial score (nSPS) is 23.3. The average molecular weight is 625 g/mol. The van der Waals surface area contributed by atoms with E-state index in [2.05, 4.69) is 15.1 Å². The Morgan fingerprint density at radius 1 is 0.957 bits per heavy atom. The van der Waals surface area contributed by atoms with Gasteiger partial charge in [-0.05, 0) is 106 Å². The minimum atomic E-state index is -0.501. The number of nitrogens with zero attached hydrogens (tertiary/aromatic N) is 5. The Kier molecular flexibility index (Phi) is 6.76. The molecule has 7 nitrogen and oxygen atoms in total. The van der Waals surface area contributed by atoms with Gasteiger partial charge in [0.1, 0.15) is 22.8 Å². The van der Waals surface area contributed by atoms with Crippen LogP contribution in [0.2, 0.25) is 0 Å². The van der Waals surface area contributed by atoms with E-state index in [1.807, 2.05) is 18.2 Å². The summed E-state index contributed by atoms with van der Waals surface area (Å²) in [7, 11) is 0. The van der Waals surface area contributed by atoms with E-state index in [0.29, 0.717) is 40.3 Å². The number of piperazine rings is 1. The molecule has 9 heteroatoms. The first-order valence-electron chi connectivity index (χ1n) is 17.3. The number of anilines is 1. The number of hydrogen-bond acceptors (Lipinski definition) is 7. The van der Waals surface area contributed by atoms with E-state index < -0.39 is 5.82 Å². The number of benzene rings is 2. The van der Waals surface area contributed by atoms with Crippen LogP contribution in [0.25, 0.3) is 32.9 Å². The Morgan fingerprint density at radius 2 is 1.80 bits per heavy atom. The van der Waals surface area contributed by atoms with E-state index in [0.717, 1.165) is 68.8 Å². The molecule has 0 radical (unpaired) electrons. The summed E-state index contributed by atoms with van der Waals surface area (Å²) in [5.74, 6) is -0.0829. The fourth-order valence-corrected chi connectivity index (χ4v) is 8.45. The molecule has 240 valence electrons. The first kappa shape index (κ1) is 28.8. The second-order valence-corrected chi connectivity index (χ2v) is 14.9. The smallest absolute Gasteiger partial charge is 0.319 e. The number of fused-ring (bicyclic) bond motifs is 3. The zero-order chi connectivity index (χ0) is 31.0. The standard InChI is InChI=1S/C37H42F2N6O/c1-23-27(38)9-8-24-4-2-6-26(29(23)24)32-31(39)33-30-28(41-32)7-3-5-25-20-40-16-19-45(25)34(30)43-35(42-33)46-22-37(12-13-37)21-44-17-14-36(10-11-36)15-18-44/h2,4,6,8-9,25,40H,3,5,7,10-22H2,1H3. The minimum absolute atomic E-state index is 0.118. The molecule has 1 N–H and O–H groups in total. The van der Waals surface area contributed by atoms with Gasteiger partial charge >= 0.3 is 6.01 Å². The number of rotatable bonds is 6. The maximum Gasteiger partial charge on any atom is 0.319 e. The molecule has 4 aromatic rings. The Morgan fingerprint density at radius 3 is 2.61 bits per heavy atom. The second kappa shape index (κ2) is 10.8. The van der Waals surface area contributed by atoms with Gasteiger partial charge in [0.2, 0.25) is 0 Å². The number of pyridine rings is 1. The minimum Gasteiger partial charge on any atom is -0.463 e. The third-order valence-corrected chi connectivity index (χ3v) is 11.8. The molecule has 2 saturated heterocycles. The van der Waals surface area contributed by atoms with E-state index in [9.17, 15) is 4.39 Å². The number of hydrogen-bond donors (Lipinski definition) is 1. The molecular formula is C37H42F2N6O. The fraction of sp³-hybridized carbons (Fsp3) is 0.541. The van der Waals surface area contributed by atoms with Crippen molar-refractivity contribution in [2.45, 2.75) is 70.8 Å². The van der Waals surface area contributed by atoms with Crippen molar-refractivity contribution < 1.29 is 13.5 Å². The fourth-order valence-electron chi connectivity index (χ4n) is 8.45. The number of ether oxygens (including phenoxy) is 1. The van der Waals surface area contributed by atoms with Crippen molar-refractivity contribution in [3.05, 3.63) is 53.2 Å². The highest BCUT2D eigenvalue weighted by Gasteiger charge is 2.49. The van der Waals surface area contributed by atoms with Crippen LogP contribution < -0.4 is 15.0 Å². The van der Waals surface area contributed by atoms with E-state index >= 15 is 4.39 Å². The molecule has 0 bridgehead atoms. The zero-order valence-electron chi connectivity index (χ0n) is 26.7. The molecule has 46 heavy (non-hydrogen) atoms. The van der Waals surface area contributed by atoms with Crippen molar-refractivity contribution in [3.63, 3.8) is 0 Å². The van der Waals surface area contributed by atoms with Gasteiger partial charge in [-0.3, -0.25) is 0 Å². The third-order valence-electron chi connectivity index (χ3n) is 11.8. The van der Waals surface area contributed by atoms with Crippen molar-refractivity contribution in [1.82, 2.24) is 25.2 Å². The largest absolute Gasteiger partial charge is 0.463 e. The molecular weight excluding hydrogens is 582 g/mol. The van der Waals surface area contributed by atoms with Crippen LogP contribution in [0.4, 0.5) is 14.6 Å². The molecule has 1 spiro atoms. The monoisotopic (exact) mass is 624 g/mol. The van der Waals surface area contributed by atoms with E-state index in [1.165, 1.54) is 44.8 Å². The van der Waals surface area contributed by atoms with Crippen LogP contribution in [0, 0.1) is 29.4 Å². The molecule has 5 heterocycles. The molecule has 1 atom stereocenters. The Bertz CT molecular complexity index is 1840. The van der Waals surface area contributed by atoms with Gasteiger partial charge in [-0.25, -0.2) is 13.8 Å². The molecule has 2 saturated carbocycles. The van der Waals surface area contributed by atoms with Gasteiger partial charge in [-0.2, -0.15) is 9.97 Å². The van der Waals surface area contributed by atoms with Crippen molar-refractivity contribution >= 4 is 27.5 Å². The van der Waals surface area contributed by atoms with Crippen LogP contribution in [0.5, 0.6) is 6.01 Å². The van der Waals surface area contributed by atoms with Gasteiger partial charge in [0.15, 0.2) is 5.82 Å². The maximum absolute atomic E-state index is 17.0. The number of nitrogens with one attached hydrogen (secondary N) is 1. The highest BCUT2D eigenvalue weighted by atomic mass is 19.1. The van der Waals surface area contributed by atoms with Gasteiger partial charge in [0.25, 0.3) is 0 Å². The van der Waals surface area contributed by atoms with Crippen LogP contribution >= 0.6 is 0 Å². The molecule has 1 unspecified atom stereocenters. The summed E-state index contributed by atoms with van der Waals surface area (Å²) in [4.78, 5) is 19.8. The summed E-state index contributed by atoms with van der Waals surface area (Å²) in [5.41, 5.74) is 3.12. The predicted octanol–water partition coefficient (Wildman–Crippen LogP) is 6.58. The molecule has 2 aliphatic carbocycles. The number of aromatic nitrogens is 3. The molecule has 9 rings (SSSR count). The molecule has 3 aliphatic heterocycles. The van der Waals surface area contributed by atoms with Gasteiger partial charge in [0, 0.05) is 43.2 Å². The average Bonchev–Trinajstić information content (AvgIpc) is 4.01. The Balaban J connectivity index is 1.13. The SMILES string of the molecule is Cc1c(F)ccc2cccc(-c3nc4c5c(nc(OCC6(CN7CCC8(CC7)CC8)CC6)nc5c3F)N3CCNCC3CCC4)c12. The summed E-state index contributed by atoms with van der Waals surface area (Å²) < 4.78 is 38.3. The lowest BCUT2D eigenvalue weighted by Gasteiger charge is -2.39. The molecule has 5 aliphatic rings. The third kappa shape index (κ3) is 4.93. The Hall–Kier alpha value is -3.43. The van der Waals surface area contributed by atoms with Crippen LogP contribution in [-0.4, -0.2) is 71.8 Å². The second-order valence-electron chi connectivity index (χ2n) is 14.9. The lowest BCUT2D eigenvalue weighted by molar-refractivity contribution is 0.115. The predicted molar refractivity (Wildman–Crippen MR) is 176 cm³/mol. The Labute approximate surface area is 268 Å². The number of halogens is 2. The van der Waals surface area contributed by atoms with Crippen LogP contribution in [0.1, 0.15) is 62.6 Å². The van der Waals surface area contributed by atoms with Gasteiger partial charge in [-0.1, -0.05) is 24.3 Å². The first-order valence-corrected chi connectivity index (χ1v) is 17.3. The van der Waals surface area contributed by atoms with Crippen molar-refractivity contribution in [1.29, 1.82) is 0 Å². The summed E-state index contributed by atoms with van der Waals surface area (Å²) >= 11 is 0. The van der Waals surface area contributed by atoms with E-state index in [-0.39, 0.29) is 34.5 Å². The van der Waals surface area contributed by atoms with Crippen LogP contribution in [0.15, 0.2) is 30.3 Å². The molecule has 2 aromatic heterocycles. The van der Waals surface area contributed by atoms with Gasteiger partial charge in [0.05, 0.1) is 17.7 Å². The van der Waals surface area contributed by atoms with Crippen molar-refractivity contribution in [3.8, 4) is 17.3 Å². The van der Waals surface area contributed by atoms with Gasteiger partial charge < -0.3 is 19.9 Å². The zero-order valence-corrected chi connectivity index (χ0v) is 26.7. The topological polar surface area (TPSA) is 66.4 Å². The molecule has 0 amide bonds.